The third-order valence-corrected chi connectivity index (χ3v) is 14.2. The van der Waals surface area contributed by atoms with Crippen molar-refractivity contribution >= 4 is 22.1 Å². The second-order valence-corrected chi connectivity index (χ2v) is 21.5. The molecule has 1 saturated heterocycles. The van der Waals surface area contributed by atoms with Crippen LogP contribution in [0.5, 0.6) is 0 Å². The lowest BCUT2D eigenvalue weighted by Crippen LogP contribution is -2.60. The van der Waals surface area contributed by atoms with Crippen molar-refractivity contribution in [2.45, 2.75) is 314 Å². The van der Waals surface area contributed by atoms with Crippen LogP contribution in [0.4, 0.5) is 0 Å². The number of hydrogen-bond donors (Lipinski definition) is 4. The van der Waals surface area contributed by atoms with Crippen LogP contribution in [0.1, 0.15) is 277 Å². The van der Waals surface area contributed by atoms with Gasteiger partial charge in [0.25, 0.3) is 10.1 Å². The summed E-state index contributed by atoms with van der Waals surface area (Å²) in [6.45, 7) is 3.83. The van der Waals surface area contributed by atoms with Crippen LogP contribution in [-0.4, -0.2) is 96.0 Å². The topological polar surface area (TPSA) is 186 Å². The van der Waals surface area contributed by atoms with Gasteiger partial charge in [-0.15, -0.1) is 0 Å². The molecule has 1 fully saturated rings. The SMILES string of the molecule is CCCCCCCCCCCCCCCCCCCCCCCCC(=O)O[C@H](COC(=O)CCCCCCCCCCCCCCCCCCC)CO[C@H]1O[C@H](CS(=O)(=O)O)[C@@H](O)C(O)C1O. The van der Waals surface area contributed by atoms with E-state index >= 15 is 0 Å². The fraction of sp³-hybridized carbons (Fsp3) is 0.963. The number of carbonyl (C=O) groups is 2. The monoisotopic (exact) mass is 977 g/mol. The molecule has 4 N–H and O–H groups in total. The van der Waals surface area contributed by atoms with Crippen LogP contribution in [0.25, 0.3) is 0 Å². The minimum absolute atomic E-state index is 0.173. The van der Waals surface area contributed by atoms with Crippen molar-refractivity contribution in [3.05, 3.63) is 0 Å². The largest absolute Gasteiger partial charge is 0.462 e. The Bertz CT molecular complexity index is 1230. The highest BCUT2D eigenvalue weighted by atomic mass is 32.2. The fourth-order valence-electron chi connectivity index (χ4n) is 9.09. The maximum absolute atomic E-state index is 12.9. The number of aliphatic hydroxyl groups is 3. The van der Waals surface area contributed by atoms with Crippen LogP contribution < -0.4 is 0 Å². The molecular weight excluding hydrogens is 873 g/mol. The van der Waals surface area contributed by atoms with Crippen LogP contribution in [-0.2, 0) is 38.7 Å². The van der Waals surface area contributed by atoms with E-state index in [9.17, 15) is 37.9 Å². The first kappa shape index (κ1) is 63.7. The summed E-state index contributed by atoms with van der Waals surface area (Å²) in [7, 11) is -4.60. The highest BCUT2D eigenvalue weighted by Gasteiger charge is 2.46. The average Bonchev–Trinajstić information content (AvgIpc) is 3.30. The summed E-state index contributed by atoms with van der Waals surface area (Å²) in [5.41, 5.74) is 0. The van der Waals surface area contributed by atoms with Crippen molar-refractivity contribution < 1.29 is 56.8 Å². The van der Waals surface area contributed by atoms with E-state index in [0.717, 1.165) is 38.5 Å². The van der Waals surface area contributed by atoms with Gasteiger partial charge in [0.05, 0.1) is 6.61 Å². The standard InChI is InChI=1S/C54H104O12S/c1-3-5-7-9-11-13-15-17-19-21-22-23-24-25-27-29-31-33-35-37-39-41-43-50(56)65-47(45-64-54-53(59)52(58)51(57)48(66-54)46-67(60,61)62)44-63-49(55)42-40-38-36-34-32-30-28-26-20-18-16-14-12-10-8-6-4-2/h47-48,51-54,57-59H,3-46H2,1-2H3,(H,60,61,62)/t47-,48-,51-,52?,53?,54+/m1/s1. The molecule has 0 amide bonds. The van der Waals surface area contributed by atoms with E-state index in [1.165, 1.54) is 199 Å². The molecule has 13 heteroatoms. The molecule has 0 aromatic heterocycles. The molecule has 1 heterocycles. The lowest BCUT2D eigenvalue weighted by Gasteiger charge is -2.40. The van der Waals surface area contributed by atoms with Gasteiger partial charge in [-0.2, -0.15) is 8.42 Å². The molecule has 67 heavy (non-hydrogen) atoms. The van der Waals surface area contributed by atoms with Crippen LogP contribution in [0, 0.1) is 0 Å². The molecule has 0 aliphatic carbocycles. The van der Waals surface area contributed by atoms with Crippen LogP contribution >= 0.6 is 0 Å². The molecule has 0 aromatic rings. The Morgan fingerprint density at radius 2 is 0.761 bits per heavy atom. The first-order valence-electron chi connectivity index (χ1n) is 28.1. The van der Waals surface area contributed by atoms with Crippen molar-refractivity contribution in [2.75, 3.05) is 19.0 Å². The lowest BCUT2D eigenvalue weighted by molar-refractivity contribution is -0.297. The zero-order valence-electron chi connectivity index (χ0n) is 43.0. The molecule has 0 saturated carbocycles. The van der Waals surface area contributed by atoms with Gasteiger partial charge in [0.15, 0.2) is 12.4 Å². The van der Waals surface area contributed by atoms with E-state index in [2.05, 4.69) is 13.8 Å². The predicted octanol–water partition coefficient (Wildman–Crippen LogP) is 13.2. The molecule has 1 aliphatic heterocycles. The normalized spacial score (nSPS) is 19.2. The Morgan fingerprint density at radius 1 is 0.448 bits per heavy atom. The molecule has 0 radical (unpaired) electrons. The Balaban J connectivity index is 2.30. The summed E-state index contributed by atoms with van der Waals surface area (Å²) < 4.78 is 54.4. The number of hydrogen-bond acceptors (Lipinski definition) is 11. The summed E-state index contributed by atoms with van der Waals surface area (Å²) in [5.74, 6) is -1.95. The number of ether oxygens (including phenoxy) is 4. The van der Waals surface area contributed by atoms with Gasteiger partial charge >= 0.3 is 11.9 Å². The Hall–Kier alpha value is -1.35. The molecule has 12 nitrogen and oxygen atoms in total. The molecule has 0 bridgehead atoms. The van der Waals surface area contributed by atoms with E-state index in [4.69, 9.17) is 18.9 Å². The van der Waals surface area contributed by atoms with Gasteiger partial charge in [-0.3, -0.25) is 14.1 Å². The number of unbranched alkanes of at least 4 members (excludes halogenated alkanes) is 37. The van der Waals surface area contributed by atoms with Crippen LogP contribution in [0.3, 0.4) is 0 Å². The van der Waals surface area contributed by atoms with E-state index in [-0.39, 0.29) is 19.4 Å². The maximum Gasteiger partial charge on any atom is 0.306 e. The summed E-state index contributed by atoms with van der Waals surface area (Å²) >= 11 is 0. The maximum atomic E-state index is 12.9. The molecule has 0 spiro atoms. The second kappa shape index (κ2) is 44.6. The van der Waals surface area contributed by atoms with Gasteiger partial charge in [0, 0.05) is 12.8 Å². The quantitative estimate of drug-likeness (QED) is 0.0257. The Labute approximate surface area is 410 Å². The Morgan fingerprint density at radius 3 is 1.09 bits per heavy atom. The zero-order valence-corrected chi connectivity index (χ0v) is 43.9. The van der Waals surface area contributed by atoms with Crippen molar-refractivity contribution in [1.82, 2.24) is 0 Å². The van der Waals surface area contributed by atoms with Gasteiger partial charge in [-0.05, 0) is 12.8 Å². The second-order valence-electron chi connectivity index (χ2n) is 20.0. The predicted molar refractivity (Wildman–Crippen MR) is 271 cm³/mol. The number of carbonyl (C=O) groups excluding carboxylic acids is 2. The lowest BCUT2D eigenvalue weighted by atomic mass is 10.00. The fourth-order valence-corrected chi connectivity index (χ4v) is 9.78. The third kappa shape index (κ3) is 39.0. The summed E-state index contributed by atoms with van der Waals surface area (Å²) in [6, 6.07) is 0. The van der Waals surface area contributed by atoms with E-state index in [1.54, 1.807) is 0 Å². The van der Waals surface area contributed by atoms with Crippen molar-refractivity contribution in [1.29, 1.82) is 0 Å². The highest BCUT2D eigenvalue weighted by Crippen LogP contribution is 2.24. The van der Waals surface area contributed by atoms with Crippen molar-refractivity contribution in [3.8, 4) is 0 Å². The Kier molecular flexibility index (Phi) is 42.4. The zero-order chi connectivity index (χ0) is 49.1. The number of rotatable bonds is 49. The first-order valence-corrected chi connectivity index (χ1v) is 29.7. The summed E-state index contributed by atoms with van der Waals surface area (Å²) in [5, 5.41) is 31.0. The molecule has 398 valence electrons. The first-order chi connectivity index (χ1) is 32.5. The molecule has 0 aromatic carbocycles. The van der Waals surface area contributed by atoms with Crippen molar-refractivity contribution in [2.24, 2.45) is 0 Å². The molecule has 6 atom stereocenters. The van der Waals surface area contributed by atoms with Gasteiger partial charge in [0.2, 0.25) is 0 Å². The smallest absolute Gasteiger partial charge is 0.306 e. The molecule has 1 rings (SSSR count). The van der Waals surface area contributed by atoms with Gasteiger partial charge in [-0.25, -0.2) is 0 Å². The minimum atomic E-state index is -4.60. The molecule has 2 unspecified atom stereocenters. The summed E-state index contributed by atoms with van der Waals surface area (Å²) in [6.07, 6.45) is 40.0. The van der Waals surface area contributed by atoms with Crippen LogP contribution in [0.15, 0.2) is 0 Å². The average molecular weight is 977 g/mol. The summed E-state index contributed by atoms with van der Waals surface area (Å²) in [4.78, 5) is 25.6. The third-order valence-electron chi connectivity index (χ3n) is 13.4. The van der Waals surface area contributed by atoms with Gasteiger partial charge < -0.3 is 34.3 Å². The molecule has 1 aliphatic rings. The van der Waals surface area contributed by atoms with E-state index in [0.29, 0.717) is 12.8 Å². The van der Waals surface area contributed by atoms with Crippen LogP contribution in [0.2, 0.25) is 0 Å². The molecular formula is C54H104O12S. The number of esters is 2. The van der Waals surface area contributed by atoms with Crippen molar-refractivity contribution in [3.63, 3.8) is 0 Å². The highest BCUT2D eigenvalue weighted by molar-refractivity contribution is 7.85. The van der Waals surface area contributed by atoms with Gasteiger partial charge in [0.1, 0.15) is 36.8 Å². The van der Waals surface area contributed by atoms with E-state index < -0.39 is 71.2 Å². The number of aliphatic hydroxyl groups excluding tert-OH is 3. The van der Waals surface area contributed by atoms with E-state index in [1.807, 2.05) is 0 Å². The minimum Gasteiger partial charge on any atom is -0.462 e. The van der Waals surface area contributed by atoms with Gasteiger partial charge in [-0.1, -0.05) is 251 Å².